The molecule has 0 spiro atoms. The molecule has 0 bridgehead atoms. The molecule has 0 unspecified atom stereocenters. The van der Waals surface area contributed by atoms with Crippen molar-refractivity contribution in [1.29, 1.82) is 0 Å². The summed E-state index contributed by atoms with van der Waals surface area (Å²) in [5.74, 6) is 1.41. The molecule has 1 aromatic carbocycles. The molecule has 0 aliphatic heterocycles. The molecule has 1 aromatic heterocycles. The molecule has 5 heteroatoms. The Balaban J connectivity index is 2.80. The highest BCUT2D eigenvalue weighted by Gasteiger charge is 2.16. The zero-order valence-corrected chi connectivity index (χ0v) is 13.5. The van der Waals surface area contributed by atoms with Crippen LogP contribution < -0.4 is 20.8 Å². The van der Waals surface area contributed by atoms with Crippen molar-refractivity contribution in [2.45, 2.75) is 26.9 Å². The van der Waals surface area contributed by atoms with Crippen LogP contribution in [0.1, 0.15) is 18.1 Å². The molecule has 0 atom stereocenters. The molecule has 1 heterocycles. The first-order valence-corrected chi connectivity index (χ1v) is 7.23. The molecule has 5 nitrogen and oxygen atoms in total. The number of rotatable bonds is 5. The maximum atomic E-state index is 12.6. The highest BCUT2D eigenvalue weighted by molar-refractivity contribution is 5.70. The van der Waals surface area contributed by atoms with Crippen LogP contribution in [0.4, 0.5) is 0 Å². The summed E-state index contributed by atoms with van der Waals surface area (Å²) in [5.41, 5.74) is 8.82. The quantitative estimate of drug-likeness (QED) is 0.920. The Morgan fingerprint density at radius 3 is 2.45 bits per heavy atom. The van der Waals surface area contributed by atoms with E-state index in [4.69, 9.17) is 15.2 Å². The molecule has 118 valence electrons. The van der Waals surface area contributed by atoms with E-state index in [1.807, 2.05) is 38.1 Å². The van der Waals surface area contributed by atoms with Crippen molar-refractivity contribution in [3.05, 3.63) is 45.7 Å². The normalized spacial score (nSPS) is 10.6. The number of benzene rings is 1. The molecule has 0 saturated heterocycles. The fraction of sp³-hybridized carbons (Fsp3) is 0.353. The third kappa shape index (κ3) is 2.72. The molecule has 0 aliphatic rings. The van der Waals surface area contributed by atoms with E-state index in [1.165, 1.54) is 0 Å². The minimum Gasteiger partial charge on any atom is -0.497 e. The van der Waals surface area contributed by atoms with E-state index in [2.05, 4.69) is 0 Å². The lowest BCUT2D eigenvalue weighted by Gasteiger charge is -2.17. The number of ether oxygens (including phenoxy) is 2. The number of aryl methyl sites for hydroxylation is 1. The number of nitrogens with zero attached hydrogens (tertiary/aromatic N) is 1. The minimum atomic E-state index is -0.0510. The highest BCUT2D eigenvalue weighted by atomic mass is 16.5. The zero-order valence-electron chi connectivity index (χ0n) is 13.5. The Hall–Kier alpha value is -2.27. The molecule has 0 saturated carbocycles. The van der Waals surface area contributed by atoms with Gasteiger partial charge in [-0.25, -0.2) is 0 Å². The maximum Gasteiger partial charge on any atom is 0.255 e. The lowest BCUT2D eigenvalue weighted by molar-refractivity contribution is 0.404. The standard InChI is InChI=1S/C17H22N2O3/c1-5-19-15(8-11(2)14(10-18)17(19)20)13-9-12(21-3)6-7-16(13)22-4/h6-9H,5,10,18H2,1-4H3. The molecule has 2 aromatic rings. The number of pyridine rings is 1. The van der Waals surface area contributed by atoms with Crippen molar-refractivity contribution < 1.29 is 9.47 Å². The number of methoxy groups -OCH3 is 2. The van der Waals surface area contributed by atoms with Crippen LogP contribution in [0, 0.1) is 6.92 Å². The predicted molar refractivity (Wildman–Crippen MR) is 87.5 cm³/mol. The second kappa shape index (κ2) is 6.66. The van der Waals surface area contributed by atoms with Crippen molar-refractivity contribution in [1.82, 2.24) is 4.57 Å². The molecule has 0 radical (unpaired) electrons. The molecule has 0 fully saturated rings. The second-order valence-corrected chi connectivity index (χ2v) is 5.01. The van der Waals surface area contributed by atoms with E-state index >= 15 is 0 Å². The fourth-order valence-electron chi connectivity index (χ4n) is 2.61. The Morgan fingerprint density at radius 1 is 1.18 bits per heavy atom. The minimum absolute atomic E-state index is 0.0510. The summed E-state index contributed by atoms with van der Waals surface area (Å²) in [7, 11) is 3.22. The van der Waals surface area contributed by atoms with Gasteiger partial charge < -0.3 is 19.8 Å². The molecule has 0 amide bonds. The monoisotopic (exact) mass is 302 g/mol. The van der Waals surface area contributed by atoms with E-state index < -0.39 is 0 Å². The van der Waals surface area contributed by atoms with Gasteiger partial charge in [0.25, 0.3) is 5.56 Å². The Bertz CT molecular complexity index is 735. The first-order valence-electron chi connectivity index (χ1n) is 7.23. The van der Waals surface area contributed by atoms with E-state index in [1.54, 1.807) is 18.8 Å². The highest BCUT2D eigenvalue weighted by Crippen LogP contribution is 2.33. The van der Waals surface area contributed by atoms with Gasteiger partial charge in [0.1, 0.15) is 11.5 Å². The molecular formula is C17H22N2O3. The second-order valence-electron chi connectivity index (χ2n) is 5.01. The summed E-state index contributed by atoms with van der Waals surface area (Å²) in [6, 6.07) is 7.52. The number of hydrogen-bond acceptors (Lipinski definition) is 4. The van der Waals surface area contributed by atoms with Crippen LogP contribution >= 0.6 is 0 Å². The Labute approximate surface area is 130 Å². The van der Waals surface area contributed by atoms with Crippen LogP contribution in [-0.2, 0) is 13.1 Å². The fourth-order valence-corrected chi connectivity index (χ4v) is 2.61. The molecule has 2 N–H and O–H groups in total. The molecule has 0 aliphatic carbocycles. The largest absolute Gasteiger partial charge is 0.497 e. The van der Waals surface area contributed by atoms with Gasteiger partial charge in [-0.05, 0) is 43.7 Å². The first-order chi connectivity index (χ1) is 10.6. The smallest absolute Gasteiger partial charge is 0.255 e. The molecular weight excluding hydrogens is 280 g/mol. The van der Waals surface area contributed by atoms with Crippen LogP contribution in [0.2, 0.25) is 0 Å². The maximum absolute atomic E-state index is 12.6. The summed E-state index contributed by atoms with van der Waals surface area (Å²) in [5, 5.41) is 0. The van der Waals surface area contributed by atoms with Crippen LogP contribution in [0.15, 0.2) is 29.1 Å². The predicted octanol–water partition coefficient (Wildman–Crippen LogP) is 2.32. The Morgan fingerprint density at radius 2 is 1.91 bits per heavy atom. The Kier molecular flexibility index (Phi) is 4.88. The molecule has 2 rings (SSSR count). The van der Waals surface area contributed by atoms with Gasteiger partial charge in [0.15, 0.2) is 0 Å². The summed E-state index contributed by atoms with van der Waals surface area (Å²) >= 11 is 0. The van der Waals surface area contributed by atoms with Crippen LogP contribution in [-0.4, -0.2) is 18.8 Å². The van der Waals surface area contributed by atoms with Gasteiger partial charge in [-0.3, -0.25) is 4.79 Å². The summed E-state index contributed by atoms with van der Waals surface area (Å²) in [6.07, 6.45) is 0. The lowest BCUT2D eigenvalue weighted by Crippen LogP contribution is -2.27. The van der Waals surface area contributed by atoms with E-state index in [0.717, 1.165) is 16.8 Å². The van der Waals surface area contributed by atoms with Crippen molar-refractivity contribution in [3.63, 3.8) is 0 Å². The van der Waals surface area contributed by atoms with Crippen LogP contribution in [0.5, 0.6) is 11.5 Å². The van der Waals surface area contributed by atoms with Crippen LogP contribution in [0.3, 0.4) is 0 Å². The topological polar surface area (TPSA) is 66.5 Å². The third-order valence-corrected chi connectivity index (χ3v) is 3.83. The van der Waals surface area contributed by atoms with Gasteiger partial charge in [0, 0.05) is 24.2 Å². The van der Waals surface area contributed by atoms with Crippen LogP contribution in [0.25, 0.3) is 11.3 Å². The van der Waals surface area contributed by atoms with Gasteiger partial charge in [0.2, 0.25) is 0 Å². The van der Waals surface area contributed by atoms with E-state index in [0.29, 0.717) is 23.6 Å². The SMILES string of the molecule is CCn1c(-c2cc(OC)ccc2OC)cc(C)c(CN)c1=O. The third-order valence-electron chi connectivity index (χ3n) is 3.83. The number of aromatic nitrogens is 1. The summed E-state index contributed by atoms with van der Waals surface area (Å²) in [4.78, 5) is 12.6. The average Bonchev–Trinajstić information content (AvgIpc) is 2.54. The van der Waals surface area contributed by atoms with Gasteiger partial charge in [-0.2, -0.15) is 0 Å². The van der Waals surface area contributed by atoms with Crippen molar-refractivity contribution >= 4 is 0 Å². The first kappa shape index (κ1) is 16.1. The van der Waals surface area contributed by atoms with Gasteiger partial charge in [-0.15, -0.1) is 0 Å². The van der Waals surface area contributed by atoms with Gasteiger partial charge in [0.05, 0.1) is 19.9 Å². The molecule has 22 heavy (non-hydrogen) atoms. The number of hydrogen-bond donors (Lipinski definition) is 1. The van der Waals surface area contributed by atoms with Gasteiger partial charge >= 0.3 is 0 Å². The van der Waals surface area contributed by atoms with E-state index in [-0.39, 0.29) is 12.1 Å². The van der Waals surface area contributed by atoms with E-state index in [9.17, 15) is 4.79 Å². The zero-order chi connectivity index (χ0) is 16.3. The lowest BCUT2D eigenvalue weighted by atomic mass is 10.0. The summed E-state index contributed by atoms with van der Waals surface area (Å²) < 4.78 is 12.4. The van der Waals surface area contributed by atoms with Crippen molar-refractivity contribution in [3.8, 4) is 22.8 Å². The number of nitrogens with two attached hydrogens (primary N) is 1. The van der Waals surface area contributed by atoms with Gasteiger partial charge in [-0.1, -0.05) is 0 Å². The summed E-state index contributed by atoms with van der Waals surface area (Å²) in [6.45, 7) is 4.63. The van der Waals surface area contributed by atoms with Crippen molar-refractivity contribution in [2.24, 2.45) is 5.73 Å². The average molecular weight is 302 g/mol. The van der Waals surface area contributed by atoms with Crippen molar-refractivity contribution in [2.75, 3.05) is 14.2 Å².